The van der Waals surface area contributed by atoms with Crippen molar-refractivity contribution in [3.8, 4) is 11.3 Å². The number of primary amides is 1. The molecule has 3 aromatic heterocycles. The van der Waals surface area contributed by atoms with Gasteiger partial charge in [0.05, 0.1) is 17.4 Å². The molecular formula is C21H20N6O. The molecule has 0 bridgehead atoms. The molecule has 0 radical (unpaired) electrons. The number of fused-ring (bicyclic) bond motifs is 1. The summed E-state index contributed by atoms with van der Waals surface area (Å²) in [6.45, 7) is 4.31. The number of anilines is 2. The van der Waals surface area contributed by atoms with Crippen LogP contribution in [0, 0.1) is 0 Å². The number of aromatic nitrogens is 4. The van der Waals surface area contributed by atoms with Crippen LogP contribution in [0.3, 0.4) is 0 Å². The van der Waals surface area contributed by atoms with Crippen LogP contribution in [0.4, 0.5) is 11.6 Å². The van der Waals surface area contributed by atoms with Crippen molar-refractivity contribution in [3.63, 3.8) is 0 Å². The van der Waals surface area contributed by atoms with Gasteiger partial charge in [-0.05, 0) is 48.4 Å². The molecule has 0 unspecified atom stereocenters. The molecule has 4 rings (SSSR count). The molecule has 0 aliphatic rings. The maximum atomic E-state index is 11.2. The second-order valence-electron chi connectivity index (χ2n) is 6.83. The maximum Gasteiger partial charge on any atom is 0.248 e. The molecule has 1 aromatic carbocycles. The van der Waals surface area contributed by atoms with Crippen molar-refractivity contribution in [3.05, 3.63) is 72.2 Å². The van der Waals surface area contributed by atoms with Crippen molar-refractivity contribution >= 4 is 23.1 Å². The van der Waals surface area contributed by atoms with Crippen LogP contribution in [-0.4, -0.2) is 25.5 Å². The highest BCUT2D eigenvalue weighted by Gasteiger charge is 2.10. The van der Waals surface area contributed by atoms with Gasteiger partial charge in [0.15, 0.2) is 0 Å². The van der Waals surface area contributed by atoms with Gasteiger partial charge in [0, 0.05) is 34.8 Å². The first-order valence-electron chi connectivity index (χ1n) is 8.99. The standard InChI is InChI=1S/C21H20N6O/c1-13(2)17-12-24-27-10-8-15(11-19(17)27)18-7-9-23-21(26-18)25-16-5-3-14(4-6-16)20(22)28/h3-13H,1-2H3,(H2,22,28)(H,23,25,26). The van der Waals surface area contributed by atoms with Gasteiger partial charge in [0.1, 0.15) is 0 Å². The van der Waals surface area contributed by atoms with Crippen LogP contribution in [0.5, 0.6) is 0 Å². The minimum absolute atomic E-state index is 0.388. The van der Waals surface area contributed by atoms with Crippen molar-refractivity contribution in [1.29, 1.82) is 0 Å². The second kappa shape index (κ2) is 7.11. The van der Waals surface area contributed by atoms with Crippen molar-refractivity contribution < 1.29 is 4.79 Å². The number of nitrogens with one attached hydrogen (secondary N) is 1. The summed E-state index contributed by atoms with van der Waals surface area (Å²) in [4.78, 5) is 20.1. The highest BCUT2D eigenvalue weighted by molar-refractivity contribution is 5.93. The highest BCUT2D eigenvalue weighted by Crippen LogP contribution is 2.25. The van der Waals surface area contributed by atoms with E-state index >= 15 is 0 Å². The number of pyridine rings is 1. The van der Waals surface area contributed by atoms with E-state index in [2.05, 4.69) is 40.3 Å². The summed E-state index contributed by atoms with van der Waals surface area (Å²) in [5, 5.41) is 7.56. The molecule has 0 aliphatic heterocycles. The van der Waals surface area contributed by atoms with Crippen LogP contribution in [0.15, 0.2) is 61.1 Å². The number of rotatable bonds is 5. The smallest absolute Gasteiger partial charge is 0.248 e. The van der Waals surface area contributed by atoms with Crippen molar-refractivity contribution in [2.45, 2.75) is 19.8 Å². The average molecular weight is 372 g/mol. The molecule has 7 heteroatoms. The van der Waals surface area contributed by atoms with Gasteiger partial charge in [0.25, 0.3) is 0 Å². The number of nitrogens with two attached hydrogens (primary N) is 1. The van der Waals surface area contributed by atoms with Crippen molar-refractivity contribution in [2.75, 3.05) is 5.32 Å². The van der Waals surface area contributed by atoms with E-state index < -0.39 is 5.91 Å². The molecule has 4 aromatic rings. The molecule has 28 heavy (non-hydrogen) atoms. The summed E-state index contributed by atoms with van der Waals surface area (Å²) in [5.41, 5.74) is 10.6. The summed E-state index contributed by atoms with van der Waals surface area (Å²) in [6, 6.07) is 12.8. The minimum atomic E-state index is -0.458. The Balaban J connectivity index is 1.64. The summed E-state index contributed by atoms with van der Waals surface area (Å²) >= 11 is 0. The zero-order chi connectivity index (χ0) is 19.7. The Morgan fingerprint density at radius 2 is 1.93 bits per heavy atom. The lowest BCUT2D eigenvalue weighted by molar-refractivity contribution is 0.100. The number of amides is 1. The molecule has 0 saturated heterocycles. The molecule has 7 nitrogen and oxygen atoms in total. The summed E-state index contributed by atoms with van der Waals surface area (Å²) in [7, 11) is 0. The zero-order valence-electron chi connectivity index (χ0n) is 15.6. The van der Waals surface area contributed by atoms with E-state index in [1.807, 2.05) is 29.0 Å². The number of hydrogen-bond donors (Lipinski definition) is 2. The molecule has 0 fully saturated rings. The summed E-state index contributed by atoms with van der Waals surface area (Å²) in [6.07, 6.45) is 5.56. The van der Waals surface area contributed by atoms with Gasteiger partial charge < -0.3 is 11.1 Å². The van der Waals surface area contributed by atoms with E-state index in [4.69, 9.17) is 5.73 Å². The zero-order valence-corrected chi connectivity index (χ0v) is 15.6. The van der Waals surface area contributed by atoms with Gasteiger partial charge in [-0.2, -0.15) is 5.10 Å². The van der Waals surface area contributed by atoms with Crippen LogP contribution in [0.25, 0.3) is 16.8 Å². The van der Waals surface area contributed by atoms with Gasteiger partial charge in [-0.1, -0.05) is 13.8 Å². The predicted molar refractivity (Wildman–Crippen MR) is 109 cm³/mol. The normalized spacial score (nSPS) is 11.1. The molecule has 140 valence electrons. The second-order valence-corrected chi connectivity index (χ2v) is 6.83. The molecule has 0 saturated carbocycles. The van der Waals surface area contributed by atoms with Gasteiger partial charge >= 0.3 is 0 Å². The van der Waals surface area contributed by atoms with Crippen LogP contribution in [0.1, 0.15) is 35.7 Å². The van der Waals surface area contributed by atoms with E-state index in [9.17, 15) is 4.79 Å². The van der Waals surface area contributed by atoms with E-state index in [1.54, 1.807) is 30.5 Å². The lowest BCUT2D eigenvalue weighted by Gasteiger charge is -2.08. The Hall–Kier alpha value is -3.74. The molecular weight excluding hydrogens is 352 g/mol. The first-order chi connectivity index (χ1) is 13.5. The summed E-state index contributed by atoms with van der Waals surface area (Å²) < 4.78 is 1.87. The molecule has 0 atom stereocenters. The number of hydrogen-bond acceptors (Lipinski definition) is 5. The SMILES string of the molecule is CC(C)c1cnn2ccc(-c3ccnc(Nc4ccc(C(N)=O)cc4)n3)cc12. The molecule has 3 heterocycles. The third-order valence-corrected chi connectivity index (χ3v) is 4.55. The molecule has 0 spiro atoms. The lowest BCUT2D eigenvalue weighted by Crippen LogP contribution is -2.10. The van der Waals surface area contributed by atoms with Crippen molar-refractivity contribution in [2.24, 2.45) is 5.73 Å². The fourth-order valence-corrected chi connectivity index (χ4v) is 3.03. The Morgan fingerprint density at radius 3 is 2.64 bits per heavy atom. The van der Waals surface area contributed by atoms with Crippen LogP contribution >= 0.6 is 0 Å². The third kappa shape index (κ3) is 3.42. The number of carbonyl (C=O) groups excluding carboxylic acids is 1. The monoisotopic (exact) mass is 372 g/mol. The Kier molecular flexibility index (Phi) is 4.49. The number of carbonyl (C=O) groups is 1. The quantitative estimate of drug-likeness (QED) is 0.556. The van der Waals surface area contributed by atoms with E-state index in [-0.39, 0.29) is 0 Å². The first kappa shape index (κ1) is 17.7. The largest absolute Gasteiger partial charge is 0.366 e. The highest BCUT2D eigenvalue weighted by atomic mass is 16.1. The number of benzene rings is 1. The fourth-order valence-electron chi connectivity index (χ4n) is 3.03. The average Bonchev–Trinajstić information content (AvgIpc) is 3.12. The van der Waals surface area contributed by atoms with Gasteiger partial charge in [-0.25, -0.2) is 14.5 Å². The first-order valence-corrected chi connectivity index (χ1v) is 8.99. The minimum Gasteiger partial charge on any atom is -0.366 e. The Bertz CT molecular complexity index is 1150. The van der Waals surface area contributed by atoms with Gasteiger partial charge in [0.2, 0.25) is 11.9 Å². The predicted octanol–water partition coefficient (Wildman–Crippen LogP) is 3.76. The van der Waals surface area contributed by atoms with Crippen LogP contribution in [0.2, 0.25) is 0 Å². The molecule has 0 aliphatic carbocycles. The van der Waals surface area contributed by atoms with Crippen LogP contribution in [-0.2, 0) is 0 Å². The third-order valence-electron chi connectivity index (χ3n) is 4.55. The fraction of sp³-hybridized carbons (Fsp3) is 0.143. The Morgan fingerprint density at radius 1 is 1.14 bits per heavy atom. The lowest BCUT2D eigenvalue weighted by atomic mass is 10.0. The van der Waals surface area contributed by atoms with E-state index in [1.165, 1.54) is 5.56 Å². The maximum absolute atomic E-state index is 11.2. The van der Waals surface area contributed by atoms with E-state index in [0.29, 0.717) is 17.4 Å². The molecule has 1 amide bonds. The van der Waals surface area contributed by atoms with E-state index in [0.717, 1.165) is 22.5 Å². The topological polar surface area (TPSA) is 98.2 Å². The Labute approximate surface area is 162 Å². The van der Waals surface area contributed by atoms with Crippen molar-refractivity contribution in [1.82, 2.24) is 19.6 Å². The van der Waals surface area contributed by atoms with Gasteiger partial charge in [-0.15, -0.1) is 0 Å². The van der Waals surface area contributed by atoms with Gasteiger partial charge in [-0.3, -0.25) is 4.79 Å². The number of nitrogens with zero attached hydrogens (tertiary/aromatic N) is 4. The summed E-state index contributed by atoms with van der Waals surface area (Å²) in [5.74, 6) is 0.404. The van der Waals surface area contributed by atoms with Crippen LogP contribution < -0.4 is 11.1 Å². The molecule has 3 N–H and O–H groups in total.